The van der Waals surface area contributed by atoms with E-state index in [4.69, 9.17) is 5.11 Å². The van der Waals surface area contributed by atoms with E-state index in [1.54, 1.807) is 0 Å². The highest BCUT2D eigenvalue weighted by Crippen LogP contribution is 2.32. The van der Waals surface area contributed by atoms with Gasteiger partial charge in [-0.2, -0.15) is 0 Å². The predicted octanol–water partition coefficient (Wildman–Crippen LogP) is 0.276. The summed E-state index contributed by atoms with van der Waals surface area (Å²) in [7, 11) is 0. The molecule has 1 aromatic rings. The Hall–Kier alpha value is -1.65. The molecular weight excluding hydrogens is 172 g/mol. The fraction of sp³-hybridized carbons (Fsp3) is 0.375. The summed E-state index contributed by atoms with van der Waals surface area (Å²) in [5.41, 5.74) is -0.709. The summed E-state index contributed by atoms with van der Waals surface area (Å²) in [5, 5.41) is 8.64. The van der Waals surface area contributed by atoms with Gasteiger partial charge in [0.2, 0.25) is 0 Å². The fourth-order valence-corrected chi connectivity index (χ4v) is 1.19. The number of carbonyl (C=O) groups is 1. The van der Waals surface area contributed by atoms with Gasteiger partial charge in [0.05, 0.1) is 6.33 Å². The maximum atomic E-state index is 11.4. The zero-order valence-corrected chi connectivity index (χ0v) is 6.80. The van der Waals surface area contributed by atoms with Gasteiger partial charge in [-0.15, -0.1) is 0 Å². The lowest BCUT2D eigenvalue weighted by atomic mass is 10.3. The van der Waals surface area contributed by atoms with Crippen LogP contribution in [0.15, 0.2) is 17.3 Å². The lowest BCUT2D eigenvalue weighted by Crippen LogP contribution is -2.25. The molecule has 0 radical (unpaired) electrons. The summed E-state index contributed by atoms with van der Waals surface area (Å²) in [4.78, 5) is 25.7. The first-order valence-electron chi connectivity index (χ1n) is 3.99. The van der Waals surface area contributed by atoms with Crippen LogP contribution in [0.5, 0.6) is 0 Å². The van der Waals surface area contributed by atoms with E-state index in [-0.39, 0.29) is 11.6 Å². The maximum absolute atomic E-state index is 11.4. The van der Waals surface area contributed by atoms with E-state index >= 15 is 0 Å². The van der Waals surface area contributed by atoms with Gasteiger partial charge in [-0.05, 0) is 12.8 Å². The van der Waals surface area contributed by atoms with Crippen molar-refractivity contribution in [2.75, 3.05) is 0 Å². The molecule has 0 unspecified atom stereocenters. The molecule has 0 atom stereocenters. The van der Waals surface area contributed by atoms with Crippen LogP contribution in [0.2, 0.25) is 0 Å². The van der Waals surface area contributed by atoms with Gasteiger partial charge < -0.3 is 5.11 Å². The van der Waals surface area contributed by atoms with Crippen molar-refractivity contribution in [3.8, 4) is 0 Å². The molecule has 0 aromatic carbocycles. The highest BCUT2D eigenvalue weighted by molar-refractivity contribution is 5.86. The highest BCUT2D eigenvalue weighted by Gasteiger charge is 2.26. The summed E-state index contributed by atoms with van der Waals surface area (Å²) in [6, 6.07) is 0.166. The minimum Gasteiger partial charge on any atom is -0.477 e. The SMILES string of the molecule is O=C(O)c1cncn(C2CC2)c1=O. The zero-order chi connectivity index (χ0) is 9.42. The van der Waals surface area contributed by atoms with Crippen molar-refractivity contribution in [1.82, 2.24) is 9.55 Å². The van der Waals surface area contributed by atoms with Gasteiger partial charge in [0, 0.05) is 12.2 Å². The second-order valence-corrected chi connectivity index (χ2v) is 3.06. The molecule has 68 valence electrons. The topological polar surface area (TPSA) is 72.2 Å². The van der Waals surface area contributed by atoms with E-state index in [1.807, 2.05) is 0 Å². The van der Waals surface area contributed by atoms with E-state index < -0.39 is 11.5 Å². The van der Waals surface area contributed by atoms with Gasteiger partial charge in [0.1, 0.15) is 5.56 Å². The average Bonchev–Trinajstić information content (AvgIpc) is 2.87. The number of hydrogen-bond acceptors (Lipinski definition) is 3. The lowest BCUT2D eigenvalue weighted by Gasteiger charge is -2.01. The van der Waals surface area contributed by atoms with Crippen molar-refractivity contribution in [2.45, 2.75) is 18.9 Å². The van der Waals surface area contributed by atoms with Crippen molar-refractivity contribution in [3.63, 3.8) is 0 Å². The van der Waals surface area contributed by atoms with Crippen LogP contribution in [-0.4, -0.2) is 20.6 Å². The third-order valence-corrected chi connectivity index (χ3v) is 2.03. The smallest absolute Gasteiger partial charge is 0.342 e. The van der Waals surface area contributed by atoms with E-state index in [0.717, 1.165) is 19.0 Å². The van der Waals surface area contributed by atoms with Gasteiger partial charge >= 0.3 is 5.97 Å². The Labute approximate surface area is 73.7 Å². The van der Waals surface area contributed by atoms with Crippen LogP contribution in [0.3, 0.4) is 0 Å². The Morgan fingerprint density at radius 1 is 1.62 bits per heavy atom. The van der Waals surface area contributed by atoms with E-state index in [0.29, 0.717) is 0 Å². The molecule has 0 amide bonds. The summed E-state index contributed by atoms with van der Waals surface area (Å²) < 4.78 is 1.39. The molecule has 1 fully saturated rings. The standard InChI is InChI=1S/C8H8N2O3/c11-7-6(8(12)13)3-9-4-10(7)5-1-2-5/h3-5H,1-2H2,(H,12,13). The van der Waals surface area contributed by atoms with E-state index in [2.05, 4.69) is 4.98 Å². The number of hydrogen-bond donors (Lipinski definition) is 1. The van der Waals surface area contributed by atoms with Crippen LogP contribution in [0.25, 0.3) is 0 Å². The largest absolute Gasteiger partial charge is 0.477 e. The third-order valence-electron chi connectivity index (χ3n) is 2.03. The normalized spacial score (nSPS) is 15.7. The molecule has 5 heteroatoms. The van der Waals surface area contributed by atoms with Crippen molar-refractivity contribution in [2.24, 2.45) is 0 Å². The second-order valence-electron chi connectivity index (χ2n) is 3.06. The Morgan fingerprint density at radius 2 is 2.31 bits per heavy atom. The van der Waals surface area contributed by atoms with Crippen molar-refractivity contribution in [1.29, 1.82) is 0 Å². The number of aromatic carboxylic acids is 1. The summed E-state index contributed by atoms with van der Waals surface area (Å²) in [5.74, 6) is -1.22. The molecule has 13 heavy (non-hydrogen) atoms. The predicted molar refractivity (Wildman–Crippen MR) is 43.7 cm³/mol. The first-order valence-corrected chi connectivity index (χ1v) is 3.99. The monoisotopic (exact) mass is 180 g/mol. The summed E-state index contributed by atoms with van der Waals surface area (Å²) in [6.45, 7) is 0. The minimum atomic E-state index is -1.22. The molecule has 1 aromatic heterocycles. The van der Waals surface area contributed by atoms with Crippen LogP contribution in [-0.2, 0) is 0 Å². The number of rotatable bonds is 2. The molecule has 1 N–H and O–H groups in total. The Kier molecular flexibility index (Phi) is 1.65. The molecule has 1 saturated carbocycles. The molecule has 1 heterocycles. The highest BCUT2D eigenvalue weighted by atomic mass is 16.4. The fourth-order valence-electron chi connectivity index (χ4n) is 1.19. The van der Waals surface area contributed by atoms with Crippen LogP contribution >= 0.6 is 0 Å². The first kappa shape index (κ1) is 7.97. The summed E-state index contributed by atoms with van der Waals surface area (Å²) >= 11 is 0. The molecule has 0 aliphatic heterocycles. The summed E-state index contributed by atoms with van der Waals surface area (Å²) in [6.07, 6.45) is 4.35. The number of carboxylic acids is 1. The molecule has 0 saturated heterocycles. The van der Waals surface area contributed by atoms with Gasteiger partial charge in [0.15, 0.2) is 0 Å². The zero-order valence-electron chi connectivity index (χ0n) is 6.80. The van der Waals surface area contributed by atoms with E-state index in [1.165, 1.54) is 10.9 Å². The average molecular weight is 180 g/mol. The van der Waals surface area contributed by atoms with Gasteiger partial charge in [-0.3, -0.25) is 9.36 Å². The van der Waals surface area contributed by atoms with Gasteiger partial charge in [0.25, 0.3) is 5.56 Å². The van der Waals surface area contributed by atoms with Crippen LogP contribution in [0, 0.1) is 0 Å². The van der Waals surface area contributed by atoms with Crippen molar-refractivity contribution in [3.05, 3.63) is 28.4 Å². The Morgan fingerprint density at radius 3 is 2.85 bits per heavy atom. The van der Waals surface area contributed by atoms with Crippen LogP contribution in [0.4, 0.5) is 0 Å². The molecule has 1 aliphatic rings. The lowest BCUT2D eigenvalue weighted by molar-refractivity contribution is 0.0693. The number of aromatic nitrogens is 2. The molecule has 0 spiro atoms. The van der Waals surface area contributed by atoms with Crippen LogP contribution < -0.4 is 5.56 Å². The second kappa shape index (κ2) is 2.69. The number of nitrogens with zero attached hydrogens (tertiary/aromatic N) is 2. The molecule has 0 bridgehead atoms. The molecule has 1 aliphatic carbocycles. The van der Waals surface area contributed by atoms with Gasteiger partial charge in [-0.25, -0.2) is 9.78 Å². The van der Waals surface area contributed by atoms with Gasteiger partial charge in [-0.1, -0.05) is 0 Å². The first-order chi connectivity index (χ1) is 6.20. The molecular formula is C8H8N2O3. The van der Waals surface area contributed by atoms with Crippen molar-refractivity contribution < 1.29 is 9.90 Å². The van der Waals surface area contributed by atoms with E-state index in [9.17, 15) is 9.59 Å². The molecule has 2 rings (SSSR count). The Bertz CT molecular complexity index is 406. The minimum absolute atomic E-state index is 0.166. The molecule has 5 nitrogen and oxygen atoms in total. The number of carboxylic acid groups (broad SMARTS) is 1. The quantitative estimate of drug-likeness (QED) is 0.709. The van der Waals surface area contributed by atoms with Crippen molar-refractivity contribution >= 4 is 5.97 Å². The maximum Gasteiger partial charge on any atom is 0.342 e. The third kappa shape index (κ3) is 1.32. The van der Waals surface area contributed by atoms with Crippen LogP contribution in [0.1, 0.15) is 29.2 Å². The Balaban J connectivity index is 2.54.